The van der Waals surface area contributed by atoms with Crippen LogP contribution in [0.1, 0.15) is 23.5 Å². The van der Waals surface area contributed by atoms with Gasteiger partial charge in [0.2, 0.25) is 12.7 Å². The van der Waals surface area contributed by atoms with Crippen LogP contribution in [0.25, 0.3) is 0 Å². The molecular weight excluding hydrogens is 309 g/mol. The number of carbonyl (C=O) groups is 1. The Balaban J connectivity index is 1.41. The molecule has 1 atom stereocenters. The van der Waals surface area contributed by atoms with Gasteiger partial charge >= 0.3 is 0 Å². The molecule has 1 fully saturated rings. The van der Waals surface area contributed by atoms with Crippen molar-refractivity contribution >= 4 is 5.91 Å². The average Bonchev–Trinajstić information content (AvgIpc) is 3.23. The van der Waals surface area contributed by atoms with E-state index >= 15 is 0 Å². The molecule has 1 amide bonds. The molecule has 0 saturated carbocycles. The van der Waals surface area contributed by atoms with E-state index in [1.165, 1.54) is 17.7 Å². The number of likely N-dealkylation sites (tertiary alicyclic amines) is 1. The number of halogens is 1. The summed E-state index contributed by atoms with van der Waals surface area (Å²) in [7, 11) is 0. The first-order chi connectivity index (χ1) is 11.7. The molecule has 1 unspecified atom stereocenters. The Bertz CT molecular complexity index is 777. The highest BCUT2D eigenvalue weighted by atomic mass is 19.1. The van der Waals surface area contributed by atoms with Crippen molar-refractivity contribution in [3.05, 3.63) is 59.4 Å². The van der Waals surface area contributed by atoms with Crippen molar-refractivity contribution in [1.29, 1.82) is 0 Å². The van der Waals surface area contributed by atoms with Crippen LogP contribution in [0.5, 0.6) is 11.5 Å². The third-order valence-electron chi connectivity index (χ3n) is 4.65. The molecule has 0 bridgehead atoms. The molecule has 1 saturated heterocycles. The van der Waals surface area contributed by atoms with Gasteiger partial charge < -0.3 is 14.4 Å². The Labute approximate surface area is 139 Å². The summed E-state index contributed by atoms with van der Waals surface area (Å²) in [5, 5.41) is 0. The van der Waals surface area contributed by atoms with Gasteiger partial charge in [-0.1, -0.05) is 18.2 Å². The zero-order valence-corrected chi connectivity index (χ0v) is 13.2. The second-order valence-corrected chi connectivity index (χ2v) is 6.24. The lowest BCUT2D eigenvalue weighted by atomic mass is 9.98. The number of benzene rings is 2. The first kappa shape index (κ1) is 15.0. The normalized spacial score (nSPS) is 18.9. The van der Waals surface area contributed by atoms with E-state index < -0.39 is 0 Å². The number of fused-ring (bicyclic) bond motifs is 1. The van der Waals surface area contributed by atoms with Crippen molar-refractivity contribution in [1.82, 2.24) is 4.90 Å². The fourth-order valence-corrected chi connectivity index (χ4v) is 3.36. The molecular formula is C19H18FNO3. The monoisotopic (exact) mass is 327 g/mol. The van der Waals surface area contributed by atoms with Gasteiger partial charge in [-0.05, 0) is 41.8 Å². The highest BCUT2D eigenvalue weighted by molar-refractivity contribution is 5.79. The van der Waals surface area contributed by atoms with E-state index in [0.717, 1.165) is 24.5 Å². The molecule has 0 aromatic heterocycles. The zero-order valence-electron chi connectivity index (χ0n) is 13.2. The van der Waals surface area contributed by atoms with Crippen LogP contribution in [0.15, 0.2) is 42.5 Å². The number of hydrogen-bond donors (Lipinski definition) is 0. The molecule has 0 N–H and O–H groups in total. The molecule has 24 heavy (non-hydrogen) atoms. The smallest absolute Gasteiger partial charge is 0.231 e. The van der Waals surface area contributed by atoms with Crippen LogP contribution in [0, 0.1) is 5.82 Å². The maximum Gasteiger partial charge on any atom is 0.231 e. The molecule has 0 aliphatic carbocycles. The summed E-state index contributed by atoms with van der Waals surface area (Å²) in [6.07, 6.45) is 1.17. The van der Waals surface area contributed by atoms with E-state index in [0.29, 0.717) is 18.0 Å². The predicted octanol–water partition coefficient (Wildman–Crippen LogP) is 3.11. The third-order valence-corrected chi connectivity index (χ3v) is 4.65. The second kappa shape index (κ2) is 6.15. The molecule has 4 nitrogen and oxygen atoms in total. The van der Waals surface area contributed by atoms with Crippen LogP contribution in [-0.2, 0) is 11.2 Å². The first-order valence-corrected chi connectivity index (χ1v) is 8.11. The van der Waals surface area contributed by atoms with E-state index in [1.54, 1.807) is 12.1 Å². The Morgan fingerprint density at radius 3 is 2.92 bits per heavy atom. The van der Waals surface area contributed by atoms with Crippen molar-refractivity contribution in [3.63, 3.8) is 0 Å². The van der Waals surface area contributed by atoms with Crippen molar-refractivity contribution in [2.45, 2.75) is 18.8 Å². The molecule has 4 rings (SSSR count). The summed E-state index contributed by atoms with van der Waals surface area (Å²) in [6, 6.07) is 12.2. The van der Waals surface area contributed by atoms with E-state index in [-0.39, 0.29) is 24.9 Å². The quantitative estimate of drug-likeness (QED) is 0.869. The number of ether oxygens (including phenoxy) is 2. The summed E-state index contributed by atoms with van der Waals surface area (Å²) in [5.74, 6) is 1.59. The summed E-state index contributed by atoms with van der Waals surface area (Å²) in [6.45, 7) is 1.68. The molecule has 2 aliphatic heterocycles. The summed E-state index contributed by atoms with van der Waals surface area (Å²) >= 11 is 0. The summed E-state index contributed by atoms with van der Waals surface area (Å²) < 4.78 is 24.0. The molecule has 0 spiro atoms. The maximum atomic E-state index is 13.2. The van der Waals surface area contributed by atoms with Gasteiger partial charge in [0.15, 0.2) is 11.5 Å². The van der Waals surface area contributed by atoms with E-state index in [9.17, 15) is 9.18 Å². The van der Waals surface area contributed by atoms with Crippen molar-refractivity contribution in [3.8, 4) is 11.5 Å². The fourth-order valence-electron chi connectivity index (χ4n) is 3.36. The van der Waals surface area contributed by atoms with Crippen molar-refractivity contribution in [2.75, 3.05) is 19.9 Å². The predicted molar refractivity (Wildman–Crippen MR) is 86.6 cm³/mol. The van der Waals surface area contributed by atoms with Crippen LogP contribution in [0.2, 0.25) is 0 Å². The lowest BCUT2D eigenvalue weighted by molar-refractivity contribution is -0.129. The fraction of sp³-hybridized carbons (Fsp3) is 0.316. The molecule has 2 aliphatic rings. The van der Waals surface area contributed by atoms with Gasteiger partial charge in [-0.3, -0.25) is 4.79 Å². The Morgan fingerprint density at radius 1 is 1.17 bits per heavy atom. The SMILES string of the molecule is O=C(Cc1cccc(F)c1)N1CCC(c2ccc3c(c2)OCO3)C1. The molecule has 124 valence electrons. The summed E-state index contributed by atoms with van der Waals surface area (Å²) in [4.78, 5) is 14.3. The minimum absolute atomic E-state index is 0.0452. The molecule has 0 radical (unpaired) electrons. The maximum absolute atomic E-state index is 13.2. The number of hydrogen-bond acceptors (Lipinski definition) is 3. The second-order valence-electron chi connectivity index (χ2n) is 6.24. The standard InChI is InChI=1S/C19H18FNO3/c20-16-3-1-2-13(8-16)9-19(22)21-7-6-15(11-21)14-4-5-17-18(10-14)24-12-23-17/h1-5,8,10,15H,6-7,9,11-12H2. The lowest BCUT2D eigenvalue weighted by Gasteiger charge is -2.17. The van der Waals surface area contributed by atoms with Gasteiger partial charge in [0.1, 0.15) is 5.82 Å². The number of amides is 1. The Kier molecular flexibility index (Phi) is 3.84. The average molecular weight is 327 g/mol. The molecule has 2 heterocycles. The summed E-state index contributed by atoms with van der Waals surface area (Å²) in [5.41, 5.74) is 1.88. The van der Waals surface area contributed by atoms with Gasteiger partial charge in [-0.25, -0.2) is 4.39 Å². The first-order valence-electron chi connectivity index (χ1n) is 8.11. The number of carbonyl (C=O) groups excluding carboxylic acids is 1. The van der Waals surface area contributed by atoms with Gasteiger partial charge in [0, 0.05) is 19.0 Å². The molecule has 2 aromatic rings. The minimum Gasteiger partial charge on any atom is -0.454 e. The van der Waals surface area contributed by atoms with Crippen LogP contribution < -0.4 is 9.47 Å². The number of rotatable bonds is 3. The third kappa shape index (κ3) is 2.94. The van der Waals surface area contributed by atoms with Crippen LogP contribution >= 0.6 is 0 Å². The highest BCUT2D eigenvalue weighted by Gasteiger charge is 2.28. The van der Waals surface area contributed by atoms with Crippen molar-refractivity contribution < 1.29 is 18.7 Å². The largest absolute Gasteiger partial charge is 0.454 e. The Hall–Kier alpha value is -2.56. The van der Waals surface area contributed by atoms with E-state index in [4.69, 9.17) is 9.47 Å². The lowest BCUT2D eigenvalue weighted by Crippen LogP contribution is -2.29. The van der Waals surface area contributed by atoms with Gasteiger partial charge in [-0.2, -0.15) is 0 Å². The number of nitrogens with zero attached hydrogens (tertiary/aromatic N) is 1. The zero-order chi connectivity index (χ0) is 16.5. The van der Waals surface area contributed by atoms with Crippen LogP contribution in [0.3, 0.4) is 0 Å². The Morgan fingerprint density at radius 2 is 2.04 bits per heavy atom. The van der Waals surface area contributed by atoms with E-state index in [2.05, 4.69) is 0 Å². The highest BCUT2D eigenvalue weighted by Crippen LogP contribution is 2.37. The topological polar surface area (TPSA) is 38.8 Å². The van der Waals surface area contributed by atoms with Gasteiger partial charge in [-0.15, -0.1) is 0 Å². The van der Waals surface area contributed by atoms with Crippen molar-refractivity contribution in [2.24, 2.45) is 0 Å². The van der Waals surface area contributed by atoms with Crippen LogP contribution in [0.4, 0.5) is 4.39 Å². The van der Waals surface area contributed by atoms with Gasteiger partial charge in [0.25, 0.3) is 0 Å². The van der Waals surface area contributed by atoms with Crippen LogP contribution in [-0.4, -0.2) is 30.7 Å². The van der Waals surface area contributed by atoms with E-state index in [1.807, 2.05) is 23.1 Å². The molecule has 2 aromatic carbocycles. The molecule has 5 heteroatoms. The van der Waals surface area contributed by atoms with Gasteiger partial charge in [0.05, 0.1) is 6.42 Å². The minimum atomic E-state index is -0.306.